The van der Waals surface area contributed by atoms with Crippen LogP contribution in [0, 0.1) is 0 Å². The van der Waals surface area contributed by atoms with E-state index in [9.17, 15) is 9.59 Å². The summed E-state index contributed by atoms with van der Waals surface area (Å²) in [6.07, 6.45) is 0.175. The molecule has 0 N–H and O–H groups in total. The lowest BCUT2D eigenvalue weighted by Crippen LogP contribution is -2.32. The lowest BCUT2D eigenvalue weighted by Gasteiger charge is -2.23. The van der Waals surface area contributed by atoms with E-state index in [1.54, 1.807) is 11.8 Å². The number of hydrogen-bond donors (Lipinski definition) is 0. The fourth-order valence-electron chi connectivity index (χ4n) is 3.13. The maximum atomic E-state index is 13.1. The van der Waals surface area contributed by atoms with Crippen LogP contribution in [-0.4, -0.2) is 29.9 Å². The summed E-state index contributed by atoms with van der Waals surface area (Å²) in [4.78, 5) is 26.6. The van der Waals surface area contributed by atoms with Gasteiger partial charge in [0.1, 0.15) is 0 Å². The van der Waals surface area contributed by atoms with Crippen molar-refractivity contribution in [3.63, 3.8) is 0 Å². The van der Waals surface area contributed by atoms with Gasteiger partial charge in [0.25, 0.3) is 5.91 Å². The van der Waals surface area contributed by atoms with E-state index < -0.39 is 0 Å². The van der Waals surface area contributed by atoms with Crippen LogP contribution >= 0.6 is 0 Å². The minimum absolute atomic E-state index is 0.0993. The summed E-state index contributed by atoms with van der Waals surface area (Å²) in [5.74, 6) is -0.393. The zero-order valence-electron chi connectivity index (χ0n) is 16.6. The summed E-state index contributed by atoms with van der Waals surface area (Å²) in [7, 11) is 0. The highest BCUT2D eigenvalue weighted by Gasteiger charge is 2.18. The Morgan fingerprint density at radius 1 is 0.793 bits per heavy atom. The lowest BCUT2D eigenvalue weighted by atomic mass is 10.0. The average molecular weight is 387 g/mol. The second-order valence-corrected chi connectivity index (χ2v) is 6.71. The standard InChI is InChI=1S/C25H25NO3/c1-2-29-24(27)17-18-26(19-20-9-5-3-6-10-20)25(28)23-15-13-22(14-16-23)21-11-7-4-8-12-21/h3-16H,2,17-19H2,1H3. The molecule has 3 aromatic rings. The van der Waals surface area contributed by atoms with Crippen LogP contribution in [0.3, 0.4) is 0 Å². The van der Waals surface area contributed by atoms with Gasteiger partial charge in [0.05, 0.1) is 13.0 Å². The Hall–Kier alpha value is -3.40. The smallest absolute Gasteiger partial charge is 0.307 e. The van der Waals surface area contributed by atoms with Crippen LogP contribution in [0.1, 0.15) is 29.3 Å². The first-order valence-electron chi connectivity index (χ1n) is 9.81. The summed E-state index contributed by atoms with van der Waals surface area (Å²) < 4.78 is 5.02. The van der Waals surface area contributed by atoms with Crippen molar-refractivity contribution in [1.29, 1.82) is 0 Å². The SMILES string of the molecule is CCOC(=O)CCN(Cc1ccccc1)C(=O)c1ccc(-c2ccccc2)cc1. The highest BCUT2D eigenvalue weighted by Crippen LogP contribution is 2.20. The molecule has 0 heterocycles. The van der Waals surface area contributed by atoms with Crippen molar-refractivity contribution in [2.45, 2.75) is 19.9 Å². The molecule has 0 fully saturated rings. The molecule has 4 heteroatoms. The number of carbonyl (C=O) groups excluding carboxylic acids is 2. The summed E-state index contributed by atoms with van der Waals surface area (Å²) >= 11 is 0. The molecule has 0 saturated heterocycles. The van der Waals surface area contributed by atoms with Crippen molar-refractivity contribution in [2.75, 3.05) is 13.2 Å². The molecule has 0 radical (unpaired) electrons. The van der Waals surface area contributed by atoms with Gasteiger partial charge in [-0.1, -0.05) is 72.8 Å². The molecule has 0 spiro atoms. The van der Waals surface area contributed by atoms with E-state index >= 15 is 0 Å². The average Bonchev–Trinajstić information content (AvgIpc) is 2.78. The van der Waals surface area contributed by atoms with Crippen molar-refractivity contribution < 1.29 is 14.3 Å². The maximum Gasteiger partial charge on any atom is 0.307 e. The monoisotopic (exact) mass is 387 g/mol. The van der Waals surface area contributed by atoms with Crippen molar-refractivity contribution in [1.82, 2.24) is 4.90 Å². The topological polar surface area (TPSA) is 46.6 Å². The Balaban J connectivity index is 1.76. The fraction of sp³-hybridized carbons (Fsp3) is 0.200. The van der Waals surface area contributed by atoms with Crippen LogP contribution in [0.5, 0.6) is 0 Å². The van der Waals surface area contributed by atoms with Crippen molar-refractivity contribution in [3.05, 3.63) is 96.1 Å². The third kappa shape index (κ3) is 5.79. The molecule has 0 aromatic heterocycles. The number of ether oxygens (including phenoxy) is 1. The van der Waals surface area contributed by atoms with Crippen LogP contribution in [0.4, 0.5) is 0 Å². The van der Waals surface area contributed by atoms with E-state index in [-0.39, 0.29) is 18.3 Å². The Morgan fingerprint density at radius 2 is 1.38 bits per heavy atom. The van der Waals surface area contributed by atoms with Crippen molar-refractivity contribution in [2.24, 2.45) is 0 Å². The quantitative estimate of drug-likeness (QED) is 0.514. The molecule has 3 aromatic carbocycles. The summed E-state index contributed by atoms with van der Waals surface area (Å²) in [6, 6.07) is 27.4. The van der Waals surface area contributed by atoms with Gasteiger partial charge in [-0.15, -0.1) is 0 Å². The zero-order chi connectivity index (χ0) is 20.5. The van der Waals surface area contributed by atoms with Gasteiger partial charge < -0.3 is 9.64 Å². The molecule has 0 aliphatic rings. The Labute approximate surface area is 171 Å². The largest absolute Gasteiger partial charge is 0.466 e. The van der Waals surface area contributed by atoms with E-state index in [0.29, 0.717) is 25.3 Å². The molecule has 3 rings (SSSR count). The van der Waals surface area contributed by atoms with E-state index in [0.717, 1.165) is 16.7 Å². The summed E-state index contributed by atoms with van der Waals surface area (Å²) in [5.41, 5.74) is 3.79. The highest BCUT2D eigenvalue weighted by molar-refractivity contribution is 5.95. The second kappa shape index (κ2) is 10.2. The minimum atomic E-state index is -0.294. The summed E-state index contributed by atoms with van der Waals surface area (Å²) in [6.45, 7) is 2.87. The molecule has 0 aliphatic heterocycles. The number of esters is 1. The van der Waals surface area contributed by atoms with Crippen LogP contribution in [0.25, 0.3) is 11.1 Å². The minimum Gasteiger partial charge on any atom is -0.466 e. The normalized spacial score (nSPS) is 10.4. The number of nitrogens with zero attached hydrogens (tertiary/aromatic N) is 1. The van der Waals surface area contributed by atoms with Gasteiger partial charge in [0, 0.05) is 18.7 Å². The van der Waals surface area contributed by atoms with Crippen molar-refractivity contribution >= 4 is 11.9 Å². The second-order valence-electron chi connectivity index (χ2n) is 6.71. The Kier molecular flexibility index (Phi) is 7.17. The fourth-order valence-corrected chi connectivity index (χ4v) is 3.13. The van der Waals surface area contributed by atoms with Crippen LogP contribution in [-0.2, 0) is 16.1 Å². The first kappa shape index (κ1) is 20.3. The number of amides is 1. The number of hydrogen-bond acceptors (Lipinski definition) is 3. The Bertz CT molecular complexity index is 921. The maximum absolute atomic E-state index is 13.1. The van der Waals surface area contributed by atoms with Gasteiger partial charge in [0.15, 0.2) is 0 Å². The molecule has 1 amide bonds. The first-order chi connectivity index (χ1) is 14.2. The van der Waals surface area contributed by atoms with Gasteiger partial charge in [-0.05, 0) is 35.7 Å². The van der Waals surface area contributed by atoms with E-state index in [1.165, 1.54) is 0 Å². The van der Waals surface area contributed by atoms with Crippen LogP contribution < -0.4 is 0 Å². The van der Waals surface area contributed by atoms with E-state index in [1.807, 2.05) is 84.9 Å². The number of benzene rings is 3. The number of carbonyl (C=O) groups is 2. The molecule has 0 aliphatic carbocycles. The first-order valence-corrected chi connectivity index (χ1v) is 9.81. The lowest BCUT2D eigenvalue weighted by molar-refractivity contribution is -0.143. The molecular weight excluding hydrogens is 362 g/mol. The molecule has 148 valence electrons. The van der Waals surface area contributed by atoms with E-state index in [4.69, 9.17) is 4.74 Å². The molecular formula is C25H25NO3. The van der Waals surface area contributed by atoms with Gasteiger partial charge >= 0.3 is 5.97 Å². The van der Waals surface area contributed by atoms with Crippen molar-refractivity contribution in [3.8, 4) is 11.1 Å². The van der Waals surface area contributed by atoms with Gasteiger partial charge in [-0.2, -0.15) is 0 Å². The van der Waals surface area contributed by atoms with Crippen LogP contribution in [0.2, 0.25) is 0 Å². The molecule has 0 atom stereocenters. The van der Waals surface area contributed by atoms with E-state index in [2.05, 4.69) is 0 Å². The number of rotatable bonds is 8. The van der Waals surface area contributed by atoms with Gasteiger partial charge in [-0.25, -0.2) is 0 Å². The van der Waals surface area contributed by atoms with Crippen LogP contribution in [0.15, 0.2) is 84.9 Å². The zero-order valence-corrected chi connectivity index (χ0v) is 16.6. The molecule has 29 heavy (non-hydrogen) atoms. The predicted molar refractivity (Wildman–Crippen MR) is 114 cm³/mol. The Morgan fingerprint density at radius 3 is 2.00 bits per heavy atom. The highest BCUT2D eigenvalue weighted by atomic mass is 16.5. The van der Waals surface area contributed by atoms with Gasteiger partial charge in [-0.3, -0.25) is 9.59 Å². The molecule has 0 saturated carbocycles. The third-order valence-corrected chi connectivity index (χ3v) is 4.63. The molecule has 0 bridgehead atoms. The predicted octanol–water partition coefficient (Wildman–Crippen LogP) is 4.95. The summed E-state index contributed by atoms with van der Waals surface area (Å²) in [5, 5.41) is 0. The van der Waals surface area contributed by atoms with Gasteiger partial charge in [0.2, 0.25) is 0 Å². The molecule has 0 unspecified atom stereocenters. The molecule has 4 nitrogen and oxygen atoms in total. The third-order valence-electron chi connectivity index (χ3n) is 4.63.